The highest BCUT2D eigenvalue weighted by Crippen LogP contribution is 2.29. The highest BCUT2D eigenvalue weighted by Gasteiger charge is 2.30. The van der Waals surface area contributed by atoms with E-state index in [1.54, 1.807) is 22.0 Å². The van der Waals surface area contributed by atoms with Crippen LogP contribution in [0.25, 0.3) is 5.69 Å². The number of rotatable bonds is 3. The number of fused-ring (bicyclic) bond motifs is 1. The smallest absolute Gasteiger partial charge is 0.322 e. The molecule has 0 fully saturated rings. The Kier molecular flexibility index (Phi) is 4.37. The van der Waals surface area contributed by atoms with Gasteiger partial charge in [0.15, 0.2) is 0 Å². The van der Waals surface area contributed by atoms with Crippen LogP contribution in [0.15, 0.2) is 60.9 Å². The van der Waals surface area contributed by atoms with Gasteiger partial charge in [-0.3, -0.25) is 0 Å². The summed E-state index contributed by atoms with van der Waals surface area (Å²) in [5.41, 5.74) is 3.75. The number of aromatic nitrogens is 3. The van der Waals surface area contributed by atoms with Crippen LogP contribution in [-0.2, 0) is 6.42 Å². The third-order valence-electron chi connectivity index (χ3n) is 4.65. The summed E-state index contributed by atoms with van der Waals surface area (Å²) < 4.78 is 1.65. The van der Waals surface area contributed by atoms with Gasteiger partial charge in [0.2, 0.25) is 0 Å². The van der Waals surface area contributed by atoms with Crippen molar-refractivity contribution in [3.8, 4) is 5.69 Å². The van der Waals surface area contributed by atoms with Crippen molar-refractivity contribution in [3.05, 3.63) is 72.1 Å². The van der Waals surface area contributed by atoms with Gasteiger partial charge in [0.05, 0.1) is 30.7 Å². The predicted molar refractivity (Wildman–Crippen MR) is 97.1 cm³/mol. The van der Waals surface area contributed by atoms with Crippen LogP contribution in [0.5, 0.6) is 0 Å². The number of anilines is 1. The quantitative estimate of drug-likeness (QED) is 0.760. The van der Waals surface area contributed by atoms with Gasteiger partial charge >= 0.3 is 6.03 Å². The molecule has 132 valence electrons. The van der Waals surface area contributed by atoms with Crippen molar-refractivity contribution in [2.75, 3.05) is 18.5 Å². The van der Waals surface area contributed by atoms with Gasteiger partial charge in [-0.05, 0) is 41.8 Å². The summed E-state index contributed by atoms with van der Waals surface area (Å²) in [5.74, 6) is 0. The fourth-order valence-corrected chi connectivity index (χ4v) is 3.33. The Morgan fingerprint density at radius 2 is 2.00 bits per heavy atom. The number of hydrogen-bond donors (Lipinski definition) is 2. The van der Waals surface area contributed by atoms with Gasteiger partial charge in [-0.2, -0.15) is 0 Å². The lowest BCUT2D eigenvalue weighted by atomic mass is 9.93. The molecular weight excluding hydrogens is 330 g/mol. The first kappa shape index (κ1) is 16.3. The minimum atomic E-state index is -0.325. The number of benzene rings is 2. The topological polar surface area (TPSA) is 83.3 Å². The molecule has 1 aliphatic heterocycles. The van der Waals surface area contributed by atoms with E-state index in [1.165, 1.54) is 5.56 Å². The van der Waals surface area contributed by atoms with Crippen molar-refractivity contribution < 1.29 is 9.90 Å². The number of carbonyl (C=O) groups is 1. The van der Waals surface area contributed by atoms with Crippen LogP contribution in [-0.4, -0.2) is 44.2 Å². The Morgan fingerprint density at radius 3 is 2.73 bits per heavy atom. The molecule has 4 rings (SSSR count). The molecule has 0 aliphatic carbocycles. The van der Waals surface area contributed by atoms with Crippen LogP contribution < -0.4 is 5.32 Å². The molecule has 7 nitrogen and oxygen atoms in total. The summed E-state index contributed by atoms with van der Waals surface area (Å²) >= 11 is 0. The van der Waals surface area contributed by atoms with E-state index in [4.69, 9.17) is 0 Å². The number of amides is 2. The maximum absolute atomic E-state index is 12.7. The third kappa shape index (κ3) is 3.04. The summed E-state index contributed by atoms with van der Waals surface area (Å²) in [7, 11) is 0. The Balaban J connectivity index is 1.49. The highest BCUT2D eigenvalue weighted by molar-refractivity contribution is 5.90. The zero-order valence-electron chi connectivity index (χ0n) is 14.1. The normalized spacial score (nSPS) is 16.2. The first-order valence-corrected chi connectivity index (χ1v) is 8.49. The van der Waals surface area contributed by atoms with E-state index in [2.05, 4.69) is 21.7 Å². The number of nitrogens with zero attached hydrogens (tertiary/aromatic N) is 4. The maximum atomic E-state index is 12.7. The highest BCUT2D eigenvalue weighted by atomic mass is 16.3. The summed E-state index contributed by atoms with van der Waals surface area (Å²) in [6.45, 7) is 0.473. The van der Waals surface area contributed by atoms with Crippen LogP contribution in [0.2, 0.25) is 0 Å². The Bertz CT molecular complexity index is 893. The molecule has 0 bridgehead atoms. The zero-order chi connectivity index (χ0) is 17.9. The Hall–Kier alpha value is -3.19. The molecule has 0 radical (unpaired) electrons. The molecule has 0 spiro atoms. The van der Waals surface area contributed by atoms with E-state index in [9.17, 15) is 9.90 Å². The zero-order valence-corrected chi connectivity index (χ0v) is 14.1. The largest absolute Gasteiger partial charge is 0.394 e. The maximum Gasteiger partial charge on any atom is 0.322 e. The van der Waals surface area contributed by atoms with Gasteiger partial charge in [-0.1, -0.05) is 29.5 Å². The molecule has 1 atom stereocenters. The van der Waals surface area contributed by atoms with E-state index < -0.39 is 0 Å². The molecule has 1 aromatic heterocycles. The van der Waals surface area contributed by atoms with Crippen molar-refractivity contribution in [1.29, 1.82) is 0 Å². The van der Waals surface area contributed by atoms with Gasteiger partial charge < -0.3 is 15.3 Å². The minimum Gasteiger partial charge on any atom is -0.394 e. The second kappa shape index (κ2) is 6.97. The standard InChI is InChI=1S/C19H19N5O2/c25-13-18-17-4-2-1-3-14(17)9-11-23(18)19(26)21-15-5-7-16(8-6-15)24-12-10-20-22-24/h1-8,10,12,18,25H,9,11,13H2,(H,21,26). The number of carbonyl (C=O) groups excluding carboxylic acids is 1. The molecule has 3 aromatic rings. The van der Waals surface area contributed by atoms with E-state index in [-0.39, 0.29) is 18.7 Å². The number of nitrogens with one attached hydrogen (secondary N) is 1. The number of aliphatic hydroxyl groups excluding tert-OH is 1. The molecule has 0 saturated heterocycles. The number of aliphatic hydroxyl groups is 1. The van der Waals surface area contributed by atoms with Crippen molar-refractivity contribution in [3.63, 3.8) is 0 Å². The molecule has 1 unspecified atom stereocenters. The van der Waals surface area contributed by atoms with Crippen molar-refractivity contribution in [2.45, 2.75) is 12.5 Å². The molecule has 1 aliphatic rings. The fourth-order valence-electron chi connectivity index (χ4n) is 3.33. The second-order valence-corrected chi connectivity index (χ2v) is 6.17. The second-order valence-electron chi connectivity index (χ2n) is 6.17. The van der Waals surface area contributed by atoms with Crippen molar-refractivity contribution in [2.24, 2.45) is 0 Å². The van der Waals surface area contributed by atoms with Gasteiger partial charge in [0.1, 0.15) is 0 Å². The molecule has 0 saturated carbocycles. The lowest BCUT2D eigenvalue weighted by Gasteiger charge is -2.36. The average molecular weight is 349 g/mol. The fraction of sp³-hybridized carbons (Fsp3) is 0.211. The third-order valence-corrected chi connectivity index (χ3v) is 4.65. The van der Waals surface area contributed by atoms with Crippen molar-refractivity contribution >= 4 is 11.7 Å². The average Bonchev–Trinajstić information content (AvgIpc) is 3.22. The van der Waals surface area contributed by atoms with Crippen LogP contribution in [0.3, 0.4) is 0 Å². The van der Waals surface area contributed by atoms with Gasteiger partial charge in [0.25, 0.3) is 0 Å². The molecular formula is C19H19N5O2. The lowest BCUT2D eigenvalue weighted by molar-refractivity contribution is 0.135. The Morgan fingerprint density at radius 1 is 1.19 bits per heavy atom. The molecule has 7 heteroatoms. The summed E-state index contributed by atoms with van der Waals surface area (Å²) in [5, 5.41) is 20.5. The first-order valence-electron chi connectivity index (χ1n) is 8.49. The van der Waals surface area contributed by atoms with E-state index in [0.29, 0.717) is 12.2 Å². The molecule has 2 heterocycles. The minimum absolute atomic E-state index is 0.102. The van der Waals surface area contributed by atoms with Crippen LogP contribution in [0.1, 0.15) is 17.2 Å². The summed E-state index contributed by atoms with van der Waals surface area (Å²) in [6, 6.07) is 14.8. The first-order chi connectivity index (χ1) is 12.8. The van der Waals surface area contributed by atoms with Crippen molar-refractivity contribution in [1.82, 2.24) is 19.9 Å². The Labute approximate surface area is 150 Å². The number of hydrogen-bond acceptors (Lipinski definition) is 4. The van der Waals surface area contributed by atoms with E-state index >= 15 is 0 Å². The molecule has 2 N–H and O–H groups in total. The van der Waals surface area contributed by atoms with Gasteiger partial charge in [-0.25, -0.2) is 9.48 Å². The van der Waals surface area contributed by atoms with Crippen LogP contribution >= 0.6 is 0 Å². The molecule has 26 heavy (non-hydrogen) atoms. The van der Waals surface area contributed by atoms with E-state index in [0.717, 1.165) is 17.7 Å². The van der Waals surface area contributed by atoms with Crippen LogP contribution in [0.4, 0.5) is 10.5 Å². The van der Waals surface area contributed by atoms with E-state index in [1.807, 2.05) is 42.5 Å². The monoisotopic (exact) mass is 349 g/mol. The molecule has 2 amide bonds. The summed E-state index contributed by atoms with van der Waals surface area (Å²) in [6.07, 6.45) is 4.15. The van der Waals surface area contributed by atoms with Crippen LogP contribution in [0, 0.1) is 0 Å². The SMILES string of the molecule is O=C(Nc1ccc(-n2ccnn2)cc1)N1CCc2ccccc2C1CO. The van der Waals surface area contributed by atoms with Gasteiger partial charge in [-0.15, -0.1) is 5.10 Å². The number of urea groups is 1. The predicted octanol–water partition coefficient (Wildman–Crippen LogP) is 2.39. The van der Waals surface area contributed by atoms with Gasteiger partial charge in [0, 0.05) is 12.2 Å². The summed E-state index contributed by atoms with van der Waals surface area (Å²) in [4.78, 5) is 14.4. The molecule has 2 aromatic carbocycles. The lowest BCUT2D eigenvalue weighted by Crippen LogP contribution is -2.43.